The summed E-state index contributed by atoms with van der Waals surface area (Å²) in [5, 5.41) is 21.9. The number of nitrogens with zero attached hydrogens (tertiary/aromatic N) is 2. The van der Waals surface area contributed by atoms with E-state index in [-0.39, 0.29) is 33.6 Å². The van der Waals surface area contributed by atoms with Gasteiger partial charge >= 0.3 is 11.9 Å². The SMILES string of the molecule is COC1=C(C(=O)O)N2C(=O)[C@@H](NC(=O)C(=CCC(=O)O)c3csc(N)n3)[C@H]2SC1. The first kappa shape index (κ1) is 20.7. The molecule has 2 atom stereocenters. The van der Waals surface area contributed by atoms with Crippen LogP contribution in [-0.4, -0.2) is 68.1 Å². The number of hydrogen-bond acceptors (Lipinski definition) is 9. The minimum absolute atomic E-state index is 0.0287. The molecule has 0 bridgehead atoms. The molecule has 1 fully saturated rings. The number of nitrogens with one attached hydrogen (secondary N) is 1. The summed E-state index contributed by atoms with van der Waals surface area (Å²) in [6.45, 7) is 0. The molecule has 0 unspecified atom stereocenters. The normalized spacial score (nSPS) is 21.3. The summed E-state index contributed by atoms with van der Waals surface area (Å²) in [7, 11) is 1.32. The number of nitrogen functional groups attached to an aromatic ring is 1. The maximum atomic E-state index is 12.7. The number of aliphatic carboxylic acids is 2. The van der Waals surface area contributed by atoms with E-state index in [0.29, 0.717) is 0 Å². The van der Waals surface area contributed by atoms with Crippen molar-refractivity contribution in [2.75, 3.05) is 18.6 Å². The van der Waals surface area contributed by atoms with Gasteiger partial charge in [0.2, 0.25) is 0 Å². The van der Waals surface area contributed by atoms with E-state index in [1.807, 2.05) is 0 Å². The van der Waals surface area contributed by atoms with Gasteiger partial charge in [-0.3, -0.25) is 19.3 Å². The van der Waals surface area contributed by atoms with Gasteiger partial charge in [-0.2, -0.15) is 0 Å². The number of rotatable bonds is 7. The molecule has 0 aromatic carbocycles. The van der Waals surface area contributed by atoms with Crippen LogP contribution >= 0.6 is 23.1 Å². The molecule has 3 heterocycles. The molecule has 11 nitrogen and oxygen atoms in total. The first-order valence-electron chi connectivity index (χ1n) is 8.13. The third-order valence-corrected chi connectivity index (χ3v) is 6.12. The van der Waals surface area contributed by atoms with Crippen LogP contribution in [0.3, 0.4) is 0 Å². The van der Waals surface area contributed by atoms with Crippen molar-refractivity contribution in [1.29, 1.82) is 0 Å². The molecule has 13 heteroatoms. The summed E-state index contributed by atoms with van der Waals surface area (Å²) in [4.78, 5) is 52.8. The fraction of sp³-hybridized carbons (Fsp3) is 0.312. The highest BCUT2D eigenvalue weighted by atomic mass is 32.2. The van der Waals surface area contributed by atoms with Gasteiger partial charge in [0.15, 0.2) is 10.8 Å². The number of nitrogens with two attached hydrogens (primary N) is 1. The first-order valence-corrected chi connectivity index (χ1v) is 10.1. The summed E-state index contributed by atoms with van der Waals surface area (Å²) in [5.41, 5.74) is 5.50. The maximum absolute atomic E-state index is 12.7. The highest BCUT2D eigenvalue weighted by Gasteiger charge is 2.54. The third kappa shape index (κ3) is 3.91. The molecular formula is C16H16N4O7S2. The van der Waals surface area contributed by atoms with E-state index in [4.69, 9.17) is 15.6 Å². The Morgan fingerprint density at radius 1 is 1.45 bits per heavy atom. The second-order valence-electron chi connectivity index (χ2n) is 5.93. The van der Waals surface area contributed by atoms with Crippen LogP contribution < -0.4 is 11.1 Å². The second-order valence-corrected chi connectivity index (χ2v) is 7.92. The van der Waals surface area contributed by atoms with Crippen molar-refractivity contribution in [3.63, 3.8) is 0 Å². The zero-order chi connectivity index (χ0) is 21.3. The second kappa shape index (κ2) is 8.13. The van der Waals surface area contributed by atoms with Gasteiger partial charge < -0.3 is 26.0 Å². The fourth-order valence-corrected chi connectivity index (χ4v) is 4.76. The number of thioether (sulfide) groups is 1. The number of carbonyl (C=O) groups is 4. The Labute approximate surface area is 172 Å². The molecule has 2 amide bonds. The van der Waals surface area contributed by atoms with Crippen LogP contribution in [-0.2, 0) is 23.9 Å². The summed E-state index contributed by atoms with van der Waals surface area (Å²) >= 11 is 2.33. The van der Waals surface area contributed by atoms with E-state index >= 15 is 0 Å². The summed E-state index contributed by atoms with van der Waals surface area (Å²) < 4.78 is 5.05. The van der Waals surface area contributed by atoms with Crippen LogP contribution in [0.15, 0.2) is 22.9 Å². The molecule has 29 heavy (non-hydrogen) atoms. The van der Waals surface area contributed by atoms with Crippen molar-refractivity contribution in [3.05, 3.63) is 28.6 Å². The average Bonchev–Trinajstić information content (AvgIpc) is 3.10. The van der Waals surface area contributed by atoms with Gasteiger partial charge in [-0.25, -0.2) is 9.78 Å². The maximum Gasteiger partial charge on any atom is 0.356 e. The predicted octanol–water partition coefficient (Wildman–Crippen LogP) is -0.0741. The zero-order valence-corrected chi connectivity index (χ0v) is 16.6. The van der Waals surface area contributed by atoms with E-state index in [1.165, 1.54) is 30.3 Å². The number of fused-ring (bicyclic) bond motifs is 1. The highest BCUT2D eigenvalue weighted by molar-refractivity contribution is 8.00. The molecule has 2 aliphatic heterocycles. The van der Waals surface area contributed by atoms with Crippen molar-refractivity contribution >= 4 is 57.6 Å². The Morgan fingerprint density at radius 2 is 2.17 bits per heavy atom. The van der Waals surface area contributed by atoms with E-state index in [9.17, 15) is 24.3 Å². The predicted molar refractivity (Wildman–Crippen MR) is 103 cm³/mol. The molecule has 5 N–H and O–H groups in total. The Hall–Kier alpha value is -3.06. The number of carboxylic acid groups (broad SMARTS) is 2. The van der Waals surface area contributed by atoms with Crippen molar-refractivity contribution in [2.24, 2.45) is 0 Å². The summed E-state index contributed by atoms with van der Waals surface area (Å²) in [6.07, 6.45) is 0.763. The first-order chi connectivity index (χ1) is 13.7. The summed E-state index contributed by atoms with van der Waals surface area (Å²) in [5.74, 6) is -3.35. The smallest absolute Gasteiger partial charge is 0.356 e. The topological polar surface area (TPSA) is 172 Å². The Morgan fingerprint density at radius 3 is 2.72 bits per heavy atom. The largest absolute Gasteiger partial charge is 0.498 e. The minimum atomic E-state index is -1.30. The van der Waals surface area contributed by atoms with E-state index < -0.39 is 41.6 Å². The number of amides is 2. The van der Waals surface area contributed by atoms with Crippen molar-refractivity contribution < 1.29 is 34.1 Å². The number of carboxylic acids is 2. The number of anilines is 1. The Balaban J connectivity index is 1.81. The van der Waals surface area contributed by atoms with Gasteiger partial charge in [-0.15, -0.1) is 23.1 Å². The van der Waals surface area contributed by atoms with Gasteiger partial charge in [0.1, 0.15) is 17.2 Å². The van der Waals surface area contributed by atoms with Gasteiger partial charge in [-0.1, -0.05) is 6.08 Å². The third-order valence-electron chi connectivity index (χ3n) is 4.19. The average molecular weight is 440 g/mol. The van der Waals surface area contributed by atoms with Crippen LogP contribution in [0.2, 0.25) is 0 Å². The lowest BCUT2D eigenvalue weighted by Crippen LogP contribution is -2.70. The van der Waals surface area contributed by atoms with Crippen molar-refractivity contribution in [1.82, 2.24) is 15.2 Å². The van der Waals surface area contributed by atoms with Gasteiger partial charge in [-0.05, 0) is 0 Å². The Kier molecular flexibility index (Phi) is 5.79. The van der Waals surface area contributed by atoms with E-state index in [0.717, 1.165) is 16.2 Å². The molecule has 0 aliphatic carbocycles. The summed E-state index contributed by atoms with van der Waals surface area (Å²) in [6, 6.07) is -0.968. The molecular weight excluding hydrogens is 424 g/mol. The zero-order valence-electron chi connectivity index (χ0n) is 14.9. The number of methoxy groups -OCH3 is 1. The quantitative estimate of drug-likeness (QED) is 0.332. The van der Waals surface area contributed by atoms with Crippen LogP contribution in [0, 0.1) is 0 Å². The molecule has 3 rings (SSSR count). The number of hydrogen-bond donors (Lipinski definition) is 4. The molecule has 0 saturated carbocycles. The fourth-order valence-electron chi connectivity index (χ4n) is 2.88. The lowest BCUT2D eigenvalue weighted by molar-refractivity contribution is -0.150. The molecule has 0 spiro atoms. The van der Waals surface area contributed by atoms with Gasteiger partial charge in [0.25, 0.3) is 11.8 Å². The lowest BCUT2D eigenvalue weighted by atomic mass is 10.0. The molecule has 1 aromatic rings. The van der Waals surface area contributed by atoms with Crippen LogP contribution in [0.4, 0.5) is 5.13 Å². The molecule has 0 radical (unpaired) electrons. The van der Waals surface area contributed by atoms with Crippen LogP contribution in [0.5, 0.6) is 0 Å². The Bertz CT molecular complexity index is 955. The number of aromatic nitrogens is 1. The van der Waals surface area contributed by atoms with E-state index in [1.54, 1.807) is 0 Å². The molecule has 1 aromatic heterocycles. The van der Waals surface area contributed by atoms with Crippen molar-refractivity contribution in [2.45, 2.75) is 17.8 Å². The lowest BCUT2D eigenvalue weighted by Gasteiger charge is -2.48. The van der Waals surface area contributed by atoms with Crippen LogP contribution in [0.1, 0.15) is 12.1 Å². The van der Waals surface area contributed by atoms with E-state index in [2.05, 4.69) is 10.3 Å². The molecule has 2 aliphatic rings. The monoisotopic (exact) mass is 440 g/mol. The van der Waals surface area contributed by atoms with Crippen molar-refractivity contribution in [3.8, 4) is 0 Å². The highest BCUT2D eigenvalue weighted by Crippen LogP contribution is 2.40. The minimum Gasteiger partial charge on any atom is -0.498 e. The van der Waals surface area contributed by atoms with Gasteiger partial charge in [0, 0.05) is 5.38 Å². The standard InChI is InChI=1S/C16H16N4O7S2/c1-27-8-5-28-14-10(13(24)20(14)11(8)15(25)26)19-12(23)6(2-3-9(21)22)7-4-29-16(17)18-7/h2,4,10,14H,3,5H2,1H3,(H2,17,18)(H,19,23)(H,21,22)(H,25,26)/t10-,14-/m1/s1. The number of β-lactam (4-membered cyclic amide) rings is 1. The molecule has 154 valence electrons. The number of carbonyl (C=O) groups excluding carboxylic acids is 2. The molecule has 1 saturated heterocycles. The van der Waals surface area contributed by atoms with Crippen LogP contribution in [0.25, 0.3) is 5.57 Å². The number of thiazole rings is 1. The van der Waals surface area contributed by atoms with Gasteiger partial charge in [0.05, 0.1) is 30.6 Å². The number of ether oxygens (including phenoxy) is 1.